The topological polar surface area (TPSA) is 83.1 Å². The van der Waals surface area contributed by atoms with Crippen LogP contribution >= 0.6 is 22.7 Å². The van der Waals surface area contributed by atoms with E-state index in [1.54, 1.807) is 11.4 Å². The van der Waals surface area contributed by atoms with E-state index in [9.17, 15) is 9.59 Å². The summed E-state index contributed by atoms with van der Waals surface area (Å²) in [6.45, 7) is 5.50. The van der Waals surface area contributed by atoms with Crippen molar-refractivity contribution in [1.82, 2.24) is 15.6 Å². The molecule has 2 heterocycles. The van der Waals surface area contributed by atoms with Gasteiger partial charge in [-0.15, -0.1) is 22.7 Å². The fraction of sp³-hybridized carbons (Fsp3) is 0.400. The second-order valence-corrected chi connectivity index (χ2v) is 6.82. The number of hydrogen-bond donors (Lipinski definition) is 3. The number of nitrogens with one attached hydrogen (secondary N) is 3. The molecule has 2 aromatic heterocycles. The summed E-state index contributed by atoms with van der Waals surface area (Å²) in [4.78, 5) is 28.7. The van der Waals surface area contributed by atoms with E-state index in [2.05, 4.69) is 20.9 Å². The Morgan fingerprint density at radius 2 is 2.17 bits per heavy atom. The summed E-state index contributed by atoms with van der Waals surface area (Å²) in [6.07, 6.45) is 0.213. The predicted octanol–water partition coefficient (Wildman–Crippen LogP) is 2.11. The second kappa shape index (κ2) is 8.76. The van der Waals surface area contributed by atoms with Crippen molar-refractivity contribution >= 4 is 39.6 Å². The van der Waals surface area contributed by atoms with E-state index in [-0.39, 0.29) is 24.3 Å². The van der Waals surface area contributed by atoms with Crippen LogP contribution in [0.1, 0.15) is 29.2 Å². The number of thiophene rings is 1. The molecule has 0 radical (unpaired) electrons. The summed E-state index contributed by atoms with van der Waals surface area (Å²) >= 11 is 2.69. The molecule has 6 nitrogen and oxygen atoms in total. The maximum absolute atomic E-state index is 11.9. The number of carbonyl (C=O) groups is 2. The van der Waals surface area contributed by atoms with Gasteiger partial charge in [0.15, 0.2) is 5.13 Å². The average molecular weight is 352 g/mol. The van der Waals surface area contributed by atoms with Crippen LogP contribution in [0.25, 0.3) is 0 Å². The molecule has 0 saturated carbocycles. The van der Waals surface area contributed by atoms with Crippen molar-refractivity contribution in [3.63, 3.8) is 0 Å². The molecule has 2 amide bonds. The first kappa shape index (κ1) is 17.6. The molecule has 23 heavy (non-hydrogen) atoms. The molecule has 0 bridgehead atoms. The number of aromatic nitrogens is 1. The summed E-state index contributed by atoms with van der Waals surface area (Å²) in [7, 11) is 0. The van der Waals surface area contributed by atoms with Gasteiger partial charge in [0.2, 0.25) is 5.91 Å². The number of likely N-dealkylation sites (N-methyl/N-ethyl adjacent to an activating group) is 1. The van der Waals surface area contributed by atoms with E-state index in [0.717, 1.165) is 6.54 Å². The van der Waals surface area contributed by atoms with Crippen LogP contribution in [0, 0.1) is 0 Å². The van der Waals surface area contributed by atoms with Crippen LogP contribution in [0.3, 0.4) is 0 Å². The first-order chi connectivity index (χ1) is 11.1. The molecule has 2 aromatic rings. The largest absolute Gasteiger partial charge is 0.354 e. The van der Waals surface area contributed by atoms with Crippen molar-refractivity contribution in [2.45, 2.75) is 26.3 Å². The molecule has 0 saturated heterocycles. The molecular formula is C15H20N4O2S2. The Kier molecular flexibility index (Phi) is 6.69. The van der Waals surface area contributed by atoms with E-state index in [0.29, 0.717) is 22.2 Å². The van der Waals surface area contributed by atoms with Crippen molar-refractivity contribution < 1.29 is 9.59 Å². The highest BCUT2D eigenvalue weighted by Crippen LogP contribution is 2.18. The van der Waals surface area contributed by atoms with Gasteiger partial charge in [-0.1, -0.05) is 13.0 Å². The molecule has 3 N–H and O–H groups in total. The number of anilines is 1. The molecule has 0 unspecified atom stereocenters. The quantitative estimate of drug-likeness (QED) is 0.679. The Labute approximate surface area is 143 Å². The van der Waals surface area contributed by atoms with Crippen molar-refractivity contribution in [3.05, 3.63) is 33.5 Å². The maximum Gasteiger partial charge on any atom is 0.267 e. The van der Waals surface area contributed by atoms with Crippen LogP contribution in [-0.4, -0.2) is 35.9 Å². The Bertz CT molecular complexity index is 640. The van der Waals surface area contributed by atoms with Gasteiger partial charge in [0.05, 0.1) is 17.0 Å². The SMILES string of the molecule is CCN[C@H](C)CNC(=O)Cc1csc(NC(=O)c2cccs2)n1. The van der Waals surface area contributed by atoms with Gasteiger partial charge in [-0.2, -0.15) is 0 Å². The van der Waals surface area contributed by atoms with Crippen molar-refractivity contribution in [2.24, 2.45) is 0 Å². The third-order valence-corrected chi connectivity index (χ3v) is 4.69. The minimum absolute atomic E-state index is 0.0730. The second-order valence-electron chi connectivity index (χ2n) is 5.02. The van der Waals surface area contributed by atoms with Gasteiger partial charge in [-0.3, -0.25) is 14.9 Å². The predicted molar refractivity (Wildman–Crippen MR) is 94.2 cm³/mol. The normalized spacial score (nSPS) is 11.9. The van der Waals surface area contributed by atoms with Gasteiger partial charge in [0.1, 0.15) is 0 Å². The summed E-state index contributed by atoms with van der Waals surface area (Å²) in [5.41, 5.74) is 0.657. The molecule has 8 heteroatoms. The Morgan fingerprint density at radius 1 is 1.35 bits per heavy atom. The molecule has 2 rings (SSSR count). The lowest BCUT2D eigenvalue weighted by molar-refractivity contribution is -0.120. The monoisotopic (exact) mass is 352 g/mol. The molecule has 0 fully saturated rings. The van der Waals surface area contributed by atoms with Crippen LogP contribution in [0.4, 0.5) is 5.13 Å². The highest BCUT2D eigenvalue weighted by Gasteiger charge is 2.12. The number of amides is 2. The zero-order chi connectivity index (χ0) is 16.7. The fourth-order valence-corrected chi connectivity index (χ4v) is 3.25. The first-order valence-corrected chi connectivity index (χ1v) is 9.13. The number of nitrogens with zero attached hydrogens (tertiary/aromatic N) is 1. The fourth-order valence-electron chi connectivity index (χ4n) is 1.93. The van der Waals surface area contributed by atoms with Gasteiger partial charge in [0.25, 0.3) is 5.91 Å². The van der Waals surface area contributed by atoms with E-state index < -0.39 is 0 Å². The number of thiazole rings is 1. The first-order valence-electron chi connectivity index (χ1n) is 7.37. The van der Waals surface area contributed by atoms with Crippen molar-refractivity contribution in [1.29, 1.82) is 0 Å². The minimum atomic E-state index is -0.176. The smallest absolute Gasteiger partial charge is 0.267 e. The third kappa shape index (κ3) is 5.74. The minimum Gasteiger partial charge on any atom is -0.354 e. The van der Waals surface area contributed by atoms with Gasteiger partial charge >= 0.3 is 0 Å². The lowest BCUT2D eigenvalue weighted by Gasteiger charge is -2.12. The highest BCUT2D eigenvalue weighted by atomic mass is 32.1. The number of hydrogen-bond acceptors (Lipinski definition) is 6. The van der Waals surface area contributed by atoms with Gasteiger partial charge in [-0.25, -0.2) is 4.98 Å². The third-order valence-electron chi connectivity index (χ3n) is 3.02. The summed E-state index contributed by atoms with van der Waals surface area (Å²) < 4.78 is 0. The van der Waals surface area contributed by atoms with Gasteiger partial charge in [-0.05, 0) is 24.9 Å². The van der Waals surface area contributed by atoms with E-state index in [1.165, 1.54) is 22.7 Å². The zero-order valence-corrected chi connectivity index (χ0v) is 14.7. The Hall–Kier alpha value is -1.77. The summed E-state index contributed by atoms with van der Waals surface area (Å²) in [5.74, 6) is -0.249. The maximum atomic E-state index is 11.9. The highest BCUT2D eigenvalue weighted by molar-refractivity contribution is 7.14. The molecule has 0 aromatic carbocycles. The van der Waals surface area contributed by atoms with E-state index >= 15 is 0 Å². The number of carbonyl (C=O) groups excluding carboxylic acids is 2. The summed E-state index contributed by atoms with van der Waals surface area (Å²) in [6, 6.07) is 3.82. The lowest BCUT2D eigenvalue weighted by atomic mass is 10.3. The van der Waals surface area contributed by atoms with Crippen LogP contribution in [0.5, 0.6) is 0 Å². The van der Waals surface area contributed by atoms with Crippen LogP contribution in [-0.2, 0) is 11.2 Å². The lowest BCUT2D eigenvalue weighted by Crippen LogP contribution is -2.39. The van der Waals surface area contributed by atoms with Gasteiger partial charge in [0, 0.05) is 18.0 Å². The van der Waals surface area contributed by atoms with E-state index in [4.69, 9.17) is 0 Å². The van der Waals surface area contributed by atoms with Crippen LogP contribution in [0.2, 0.25) is 0 Å². The van der Waals surface area contributed by atoms with Crippen LogP contribution in [0.15, 0.2) is 22.9 Å². The Balaban J connectivity index is 1.80. The summed E-state index contributed by atoms with van der Waals surface area (Å²) in [5, 5.41) is 13.0. The molecule has 0 aliphatic rings. The molecular weight excluding hydrogens is 332 g/mol. The van der Waals surface area contributed by atoms with Crippen molar-refractivity contribution in [3.8, 4) is 0 Å². The van der Waals surface area contributed by atoms with Gasteiger partial charge < -0.3 is 10.6 Å². The van der Waals surface area contributed by atoms with E-state index in [1.807, 2.05) is 25.3 Å². The molecule has 0 spiro atoms. The molecule has 1 atom stereocenters. The molecule has 124 valence electrons. The van der Waals surface area contributed by atoms with Crippen LogP contribution < -0.4 is 16.0 Å². The molecule has 0 aliphatic carbocycles. The Morgan fingerprint density at radius 3 is 2.87 bits per heavy atom. The average Bonchev–Trinajstić information content (AvgIpc) is 3.17. The number of rotatable bonds is 8. The molecule has 0 aliphatic heterocycles. The zero-order valence-electron chi connectivity index (χ0n) is 13.1. The van der Waals surface area contributed by atoms with Crippen molar-refractivity contribution in [2.75, 3.05) is 18.4 Å². The standard InChI is InChI=1S/C15H20N4O2S2/c1-3-16-10(2)8-17-13(20)7-11-9-23-15(18-11)19-14(21)12-5-4-6-22-12/h4-6,9-10,16H,3,7-8H2,1-2H3,(H,17,20)(H,18,19,21)/t10-/m1/s1.